The smallest absolute Gasteiger partial charge is 0.132 e. The number of hydrogen-bond donors (Lipinski definition) is 0. The number of nitrogens with zero attached hydrogens (tertiary/aromatic N) is 2. The van der Waals surface area contributed by atoms with Crippen LogP contribution in [-0.2, 0) is 7.05 Å². The van der Waals surface area contributed by atoms with Gasteiger partial charge in [0.15, 0.2) is 0 Å². The fraction of sp³-hybridized carbons (Fsp3) is 0.286. The summed E-state index contributed by atoms with van der Waals surface area (Å²) in [5.41, 5.74) is 1.03. The van der Waals surface area contributed by atoms with Crippen molar-refractivity contribution in [3.63, 3.8) is 0 Å². The van der Waals surface area contributed by atoms with Gasteiger partial charge in [-0.1, -0.05) is 6.58 Å². The van der Waals surface area contributed by atoms with E-state index in [2.05, 4.69) is 11.6 Å². The van der Waals surface area contributed by atoms with Crippen LogP contribution in [0.4, 0.5) is 0 Å². The largest absolute Gasteiger partial charge is 0.334 e. The molecule has 0 fully saturated rings. The maximum absolute atomic E-state index is 4.17. The molecule has 0 radical (unpaired) electrons. The van der Waals surface area contributed by atoms with E-state index in [4.69, 9.17) is 0 Å². The van der Waals surface area contributed by atoms with Crippen molar-refractivity contribution < 1.29 is 0 Å². The van der Waals surface area contributed by atoms with E-state index in [-0.39, 0.29) is 0 Å². The fourth-order valence-electron chi connectivity index (χ4n) is 0.824. The van der Waals surface area contributed by atoms with Gasteiger partial charge in [-0.05, 0) is 13.0 Å². The number of hydrogen-bond acceptors (Lipinski definition) is 1. The van der Waals surface area contributed by atoms with Crippen LogP contribution < -0.4 is 0 Å². The molecule has 0 unspecified atom stereocenters. The van der Waals surface area contributed by atoms with Gasteiger partial charge in [-0.3, -0.25) is 0 Å². The summed E-state index contributed by atoms with van der Waals surface area (Å²) in [6, 6.07) is 0. The van der Waals surface area contributed by atoms with Gasteiger partial charge >= 0.3 is 0 Å². The lowest BCUT2D eigenvalue weighted by Crippen LogP contribution is -1.87. The quantitative estimate of drug-likeness (QED) is 0.550. The lowest BCUT2D eigenvalue weighted by atomic mass is 10.6. The molecule has 0 bridgehead atoms. The van der Waals surface area contributed by atoms with Crippen LogP contribution in [0.5, 0.6) is 0 Å². The van der Waals surface area contributed by atoms with Gasteiger partial charge in [0.05, 0.1) is 5.69 Å². The molecule has 0 N–H and O–H groups in total. The maximum atomic E-state index is 4.17. The first-order valence-corrected chi connectivity index (χ1v) is 2.86. The first-order chi connectivity index (χ1) is 4.24. The second kappa shape index (κ2) is 2.05. The molecule has 2 heteroatoms. The van der Waals surface area contributed by atoms with Crippen LogP contribution in [0.25, 0.3) is 6.08 Å². The average Bonchev–Trinajstić information content (AvgIpc) is 2.10. The number of rotatable bonds is 1. The molecule has 0 aliphatic carbocycles. The predicted octanol–water partition coefficient (Wildman–Crippen LogP) is 1.37. The zero-order valence-electron chi connectivity index (χ0n) is 5.76. The van der Waals surface area contributed by atoms with Crippen LogP contribution in [0.15, 0.2) is 12.8 Å². The Labute approximate surface area is 54.8 Å². The highest BCUT2D eigenvalue weighted by atomic mass is 15.0. The van der Waals surface area contributed by atoms with Crippen molar-refractivity contribution in [2.75, 3.05) is 0 Å². The highest BCUT2D eigenvalue weighted by Gasteiger charge is 1.94. The first kappa shape index (κ1) is 6.08. The van der Waals surface area contributed by atoms with Crippen LogP contribution in [0, 0.1) is 6.92 Å². The summed E-state index contributed by atoms with van der Waals surface area (Å²) in [7, 11) is 1.96. The molecule has 1 aromatic heterocycles. The second-order valence-corrected chi connectivity index (χ2v) is 2.06. The number of aromatic nitrogens is 2. The summed E-state index contributed by atoms with van der Waals surface area (Å²) >= 11 is 0. The molecule has 48 valence electrons. The van der Waals surface area contributed by atoms with Gasteiger partial charge in [0, 0.05) is 13.2 Å². The Kier molecular flexibility index (Phi) is 1.39. The molecule has 2 nitrogen and oxygen atoms in total. The SMILES string of the molecule is C=Cc1nc(C)cn1C. The van der Waals surface area contributed by atoms with Crippen molar-refractivity contribution >= 4 is 6.08 Å². The normalized spacial score (nSPS) is 9.56. The third-order valence-electron chi connectivity index (χ3n) is 1.22. The summed E-state index contributed by atoms with van der Waals surface area (Å²) in [4.78, 5) is 4.17. The second-order valence-electron chi connectivity index (χ2n) is 2.06. The molecule has 0 aromatic carbocycles. The summed E-state index contributed by atoms with van der Waals surface area (Å²) in [5, 5.41) is 0. The van der Waals surface area contributed by atoms with Crippen molar-refractivity contribution in [3.8, 4) is 0 Å². The molecule has 0 aliphatic heterocycles. The Balaban J connectivity index is 3.15. The Hall–Kier alpha value is -1.05. The van der Waals surface area contributed by atoms with Crippen molar-refractivity contribution in [1.29, 1.82) is 0 Å². The summed E-state index contributed by atoms with van der Waals surface area (Å²) in [6.45, 7) is 5.59. The average molecular weight is 122 g/mol. The molecule has 1 rings (SSSR count). The van der Waals surface area contributed by atoms with Gasteiger partial charge in [0.2, 0.25) is 0 Å². The molecule has 0 spiro atoms. The van der Waals surface area contributed by atoms with Gasteiger partial charge in [-0.15, -0.1) is 0 Å². The summed E-state index contributed by atoms with van der Waals surface area (Å²) in [6.07, 6.45) is 3.71. The monoisotopic (exact) mass is 122 g/mol. The zero-order valence-corrected chi connectivity index (χ0v) is 5.76. The molecule has 0 saturated heterocycles. The van der Waals surface area contributed by atoms with Crippen LogP contribution in [0.3, 0.4) is 0 Å². The molecular formula is C7H10N2. The van der Waals surface area contributed by atoms with Crippen LogP contribution in [0.1, 0.15) is 11.5 Å². The van der Waals surface area contributed by atoms with Crippen LogP contribution >= 0.6 is 0 Å². The molecule has 0 atom stereocenters. The Morgan fingerprint density at radius 3 is 2.67 bits per heavy atom. The molecule has 0 aliphatic rings. The summed E-state index contributed by atoms with van der Waals surface area (Å²) < 4.78 is 1.95. The molecule has 0 amide bonds. The number of aryl methyl sites for hydroxylation is 2. The fourth-order valence-corrected chi connectivity index (χ4v) is 0.824. The predicted molar refractivity (Wildman–Crippen MR) is 38.0 cm³/mol. The summed E-state index contributed by atoms with van der Waals surface area (Å²) in [5.74, 6) is 0.924. The molecular weight excluding hydrogens is 112 g/mol. The van der Waals surface area contributed by atoms with Crippen molar-refractivity contribution in [3.05, 3.63) is 24.3 Å². The zero-order chi connectivity index (χ0) is 6.85. The Bertz CT molecular complexity index is 223. The van der Waals surface area contributed by atoms with Gasteiger partial charge < -0.3 is 4.57 Å². The van der Waals surface area contributed by atoms with Gasteiger partial charge in [-0.25, -0.2) is 4.98 Å². The molecule has 1 aromatic rings. The van der Waals surface area contributed by atoms with E-state index >= 15 is 0 Å². The van der Waals surface area contributed by atoms with Crippen molar-refractivity contribution in [1.82, 2.24) is 9.55 Å². The lowest BCUT2D eigenvalue weighted by molar-refractivity contribution is 0.897. The van der Waals surface area contributed by atoms with Crippen molar-refractivity contribution in [2.24, 2.45) is 7.05 Å². The van der Waals surface area contributed by atoms with Gasteiger partial charge in [0.1, 0.15) is 5.82 Å². The lowest BCUT2D eigenvalue weighted by Gasteiger charge is -1.89. The first-order valence-electron chi connectivity index (χ1n) is 2.86. The van der Waals surface area contributed by atoms with E-state index in [0.717, 1.165) is 11.5 Å². The van der Waals surface area contributed by atoms with Crippen LogP contribution in [-0.4, -0.2) is 9.55 Å². The molecule has 1 heterocycles. The highest BCUT2D eigenvalue weighted by Crippen LogP contribution is 1.99. The van der Waals surface area contributed by atoms with E-state index in [1.54, 1.807) is 6.08 Å². The van der Waals surface area contributed by atoms with Crippen LogP contribution in [0.2, 0.25) is 0 Å². The van der Waals surface area contributed by atoms with E-state index in [1.807, 2.05) is 24.7 Å². The third kappa shape index (κ3) is 1.02. The molecule has 9 heavy (non-hydrogen) atoms. The van der Waals surface area contributed by atoms with E-state index < -0.39 is 0 Å². The standard InChI is InChI=1S/C7H10N2/c1-4-7-8-6(2)5-9(7)3/h4-5H,1H2,2-3H3. The molecule has 0 saturated carbocycles. The minimum absolute atomic E-state index is 0.924. The highest BCUT2D eigenvalue weighted by molar-refractivity contribution is 5.37. The minimum atomic E-state index is 0.924. The number of imidazole rings is 1. The van der Waals surface area contributed by atoms with Crippen molar-refractivity contribution in [2.45, 2.75) is 6.92 Å². The van der Waals surface area contributed by atoms with Gasteiger partial charge in [-0.2, -0.15) is 0 Å². The Morgan fingerprint density at radius 2 is 2.44 bits per heavy atom. The topological polar surface area (TPSA) is 17.8 Å². The maximum Gasteiger partial charge on any atom is 0.132 e. The van der Waals surface area contributed by atoms with E-state index in [0.29, 0.717) is 0 Å². The van der Waals surface area contributed by atoms with Gasteiger partial charge in [0.25, 0.3) is 0 Å². The van der Waals surface area contributed by atoms with E-state index in [1.165, 1.54) is 0 Å². The Morgan fingerprint density at radius 1 is 1.78 bits per heavy atom. The minimum Gasteiger partial charge on any atom is -0.334 e. The third-order valence-corrected chi connectivity index (χ3v) is 1.22. The van der Waals surface area contributed by atoms with E-state index in [9.17, 15) is 0 Å².